The first kappa shape index (κ1) is 20.1. The summed E-state index contributed by atoms with van der Waals surface area (Å²) in [5.74, 6) is 0.670. The minimum absolute atomic E-state index is 0.0530. The summed E-state index contributed by atoms with van der Waals surface area (Å²) in [6.45, 7) is 0.476. The normalized spacial score (nSPS) is 10.3. The summed E-state index contributed by atoms with van der Waals surface area (Å²) >= 11 is 0. The molecule has 0 aliphatic rings. The molecule has 2 rings (SSSR count). The van der Waals surface area contributed by atoms with Crippen molar-refractivity contribution in [1.82, 2.24) is 0 Å². The van der Waals surface area contributed by atoms with Crippen molar-refractivity contribution in [3.8, 4) is 28.7 Å². The lowest BCUT2D eigenvalue weighted by atomic mass is 10.2. The molecule has 0 radical (unpaired) electrons. The van der Waals surface area contributed by atoms with Crippen molar-refractivity contribution in [3.05, 3.63) is 42.0 Å². The number of phenolic OH excluding ortho intramolecular Hbond substituents is 2. The van der Waals surface area contributed by atoms with Gasteiger partial charge in [-0.2, -0.15) is 0 Å². The van der Waals surface area contributed by atoms with Crippen LogP contribution in [-0.2, 0) is 4.79 Å². The van der Waals surface area contributed by atoms with Crippen LogP contribution in [0, 0.1) is 0 Å². The van der Waals surface area contributed by atoms with Crippen LogP contribution in [0.2, 0.25) is 0 Å². The van der Waals surface area contributed by atoms with Gasteiger partial charge < -0.3 is 24.4 Å². The van der Waals surface area contributed by atoms with Gasteiger partial charge in [0, 0.05) is 12.5 Å². The number of carbonyl (C=O) groups is 2. The third-order valence-electron chi connectivity index (χ3n) is 3.80. The Morgan fingerprint density at radius 1 is 1.00 bits per heavy atom. The van der Waals surface area contributed by atoms with Gasteiger partial charge in [-0.3, -0.25) is 9.59 Å². The number of rotatable bonds is 10. The quantitative estimate of drug-likeness (QED) is 0.284. The minimum atomic E-state index is -0.401. The topological polar surface area (TPSA) is 102 Å². The Kier molecular flexibility index (Phi) is 7.49. The second-order valence-corrected chi connectivity index (χ2v) is 5.81. The Labute approximate surface area is 157 Å². The van der Waals surface area contributed by atoms with Gasteiger partial charge in [0.1, 0.15) is 17.2 Å². The highest BCUT2D eigenvalue weighted by molar-refractivity contribution is 5.80. The van der Waals surface area contributed by atoms with E-state index in [9.17, 15) is 19.8 Å². The molecule has 0 saturated carbocycles. The third kappa shape index (κ3) is 6.22. The first-order valence-corrected chi connectivity index (χ1v) is 8.52. The number of methoxy groups -OCH3 is 1. The highest BCUT2D eigenvalue weighted by Gasteiger charge is 2.08. The number of unbranched alkanes of at least 4 members (excludes halogenated alkanes) is 2. The van der Waals surface area contributed by atoms with Gasteiger partial charge in [-0.1, -0.05) is 0 Å². The number of aromatic hydroxyl groups is 2. The van der Waals surface area contributed by atoms with Gasteiger partial charge in [0.25, 0.3) is 0 Å². The largest absolute Gasteiger partial charge is 0.507 e. The predicted molar refractivity (Wildman–Crippen MR) is 97.8 cm³/mol. The number of phenols is 2. The lowest BCUT2D eigenvalue weighted by Gasteiger charge is -2.09. The van der Waals surface area contributed by atoms with E-state index < -0.39 is 5.97 Å². The molecule has 0 saturated heterocycles. The fourth-order valence-corrected chi connectivity index (χ4v) is 2.36. The summed E-state index contributed by atoms with van der Waals surface area (Å²) in [4.78, 5) is 22.6. The van der Waals surface area contributed by atoms with Crippen LogP contribution >= 0.6 is 0 Å². The highest BCUT2D eigenvalue weighted by Crippen LogP contribution is 2.29. The van der Waals surface area contributed by atoms with Crippen molar-refractivity contribution in [3.63, 3.8) is 0 Å². The minimum Gasteiger partial charge on any atom is -0.507 e. The maximum atomic E-state index is 11.8. The van der Waals surface area contributed by atoms with Gasteiger partial charge in [0.05, 0.1) is 19.3 Å². The van der Waals surface area contributed by atoms with Gasteiger partial charge in [-0.05, 0) is 49.6 Å². The van der Waals surface area contributed by atoms with E-state index in [0.29, 0.717) is 30.8 Å². The number of ether oxygens (including phenoxy) is 3. The molecule has 0 aliphatic heterocycles. The molecule has 2 N–H and O–H groups in total. The third-order valence-corrected chi connectivity index (χ3v) is 3.80. The number of aldehydes is 1. The fraction of sp³-hybridized carbons (Fsp3) is 0.300. The van der Waals surface area contributed by atoms with Crippen LogP contribution in [0.4, 0.5) is 0 Å². The van der Waals surface area contributed by atoms with E-state index >= 15 is 0 Å². The molecule has 0 fully saturated rings. The predicted octanol–water partition coefficient (Wildman–Crippen LogP) is 3.46. The van der Waals surface area contributed by atoms with Crippen molar-refractivity contribution >= 4 is 12.3 Å². The van der Waals surface area contributed by atoms with Crippen LogP contribution in [-0.4, -0.2) is 36.2 Å². The van der Waals surface area contributed by atoms with Crippen LogP contribution in [0.15, 0.2) is 36.4 Å². The molecular weight excluding hydrogens is 352 g/mol. The second-order valence-electron chi connectivity index (χ2n) is 5.81. The number of hydrogen-bond acceptors (Lipinski definition) is 7. The van der Waals surface area contributed by atoms with Crippen molar-refractivity contribution in [2.24, 2.45) is 0 Å². The van der Waals surface area contributed by atoms with Crippen LogP contribution in [0.5, 0.6) is 28.7 Å². The molecule has 0 heterocycles. The zero-order chi connectivity index (χ0) is 19.6. The van der Waals surface area contributed by atoms with Gasteiger partial charge in [0.2, 0.25) is 0 Å². The SMILES string of the molecule is COc1cc(OCCCCCC(=O)Oc2ccc(O)c(C=O)c2)ccc1O. The van der Waals surface area contributed by atoms with Crippen LogP contribution < -0.4 is 14.2 Å². The second kappa shape index (κ2) is 10.1. The van der Waals surface area contributed by atoms with E-state index in [2.05, 4.69) is 0 Å². The van der Waals surface area contributed by atoms with E-state index in [4.69, 9.17) is 14.2 Å². The molecule has 7 nitrogen and oxygen atoms in total. The van der Waals surface area contributed by atoms with E-state index in [1.54, 1.807) is 12.1 Å². The highest BCUT2D eigenvalue weighted by atomic mass is 16.5. The Balaban J connectivity index is 1.65. The first-order chi connectivity index (χ1) is 13.0. The molecule has 2 aromatic rings. The van der Waals surface area contributed by atoms with Crippen LogP contribution in [0.3, 0.4) is 0 Å². The summed E-state index contributed by atoms with van der Waals surface area (Å²) in [5, 5.41) is 18.9. The standard InChI is InChI=1S/C20H22O7/c1-25-19-12-15(6-9-18(19)23)26-10-4-2-3-5-20(24)27-16-7-8-17(22)14(11-16)13-21/h6-9,11-13,22-23H,2-5,10H2,1H3. The van der Waals surface area contributed by atoms with Crippen molar-refractivity contribution in [2.45, 2.75) is 25.7 Å². The maximum Gasteiger partial charge on any atom is 0.311 e. The van der Waals surface area contributed by atoms with Gasteiger partial charge in [-0.15, -0.1) is 0 Å². The molecule has 144 valence electrons. The van der Waals surface area contributed by atoms with E-state index in [1.165, 1.54) is 31.4 Å². The Morgan fingerprint density at radius 3 is 2.48 bits per heavy atom. The molecule has 0 aromatic heterocycles. The number of carbonyl (C=O) groups excluding carboxylic acids is 2. The van der Waals surface area contributed by atoms with E-state index in [0.717, 1.165) is 12.8 Å². The molecule has 7 heteroatoms. The Hall–Kier alpha value is -3.22. The van der Waals surface area contributed by atoms with E-state index in [-0.39, 0.29) is 29.2 Å². The van der Waals surface area contributed by atoms with Gasteiger partial charge >= 0.3 is 5.97 Å². The molecule has 2 aromatic carbocycles. The molecule has 0 atom stereocenters. The van der Waals surface area contributed by atoms with Crippen LogP contribution in [0.25, 0.3) is 0 Å². The van der Waals surface area contributed by atoms with Gasteiger partial charge in [0.15, 0.2) is 17.8 Å². The smallest absolute Gasteiger partial charge is 0.311 e. The van der Waals surface area contributed by atoms with Crippen molar-refractivity contribution in [2.75, 3.05) is 13.7 Å². The van der Waals surface area contributed by atoms with Crippen molar-refractivity contribution in [1.29, 1.82) is 0 Å². The van der Waals surface area contributed by atoms with Gasteiger partial charge in [-0.25, -0.2) is 0 Å². The molecule has 0 spiro atoms. The Morgan fingerprint density at radius 2 is 1.74 bits per heavy atom. The van der Waals surface area contributed by atoms with Crippen molar-refractivity contribution < 1.29 is 34.0 Å². The number of benzene rings is 2. The molecule has 0 amide bonds. The first-order valence-electron chi connectivity index (χ1n) is 8.52. The lowest BCUT2D eigenvalue weighted by Crippen LogP contribution is -2.08. The average molecular weight is 374 g/mol. The molecule has 0 aliphatic carbocycles. The summed E-state index contributed by atoms with van der Waals surface area (Å²) in [6.07, 6.45) is 2.91. The fourth-order valence-electron chi connectivity index (χ4n) is 2.36. The monoisotopic (exact) mass is 374 g/mol. The number of hydrogen-bond donors (Lipinski definition) is 2. The average Bonchev–Trinajstić information content (AvgIpc) is 2.67. The lowest BCUT2D eigenvalue weighted by molar-refractivity contribution is -0.134. The summed E-state index contributed by atoms with van der Waals surface area (Å²) < 4.78 is 15.7. The number of esters is 1. The zero-order valence-electron chi connectivity index (χ0n) is 15.0. The zero-order valence-corrected chi connectivity index (χ0v) is 15.0. The molecule has 0 bridgehead atoms. The molecular formula is C20H22O7. The summed E-state index contributed by atoms with van der Waals surface area (Å²) in [5.41, 5.74) is 0.0725. The molecule has 0 unspecified atom stereocenters. The van der Waals surface area contributed by atoms with Crippen LogP contribution in [0.1, 0.15) is 36.0 Å². The summed E-state index contributed by atoms with van der Waals surface area (Å²) in [7, 11) is 1.47. The Bertz CT molecular complexity index is 786. The maximum absolute atomic E-state index is 11.8. The summed E-state index contributed by atoms with van der Waals surface area (Å²) in [6, 6.07) is 8.82. The van der Waals surface area contributed by atoms with E-state index in [1.807, 2.05) is 0 Å². The molecule has 27 heavy (non-hydrogen) atoms.